The predicted molar refractivity (Wildman–Crippen MR) is 111 cm³/mol. The second-order valence-corrected chi connectivity index (χ2v) is 7.62. The number of rotatable bonds is 10. The van der Waals surface area contributed by atoms with Gasteiger partial charge in [0.05, 0.1) is 32.5 Å². The van der Waals surface area contributed by atoms with E-state index in [1.54, 1.807) is 0 Å². The molecule has 31 heavy (non-hydrogen) atoms. The van der Waals surface area contributed by atoms with Gasteiger partial charge in [-0.25, -0.2) is 4.79 Å². The summed E-state index contributed by atoms with van der Waals surface area (Å²) in [7, 11) is 1.18. The van der Waals surface area contributed by atoms with Crippen molar-refractivity contribution in [2.24, 2.45) is 0 Å². The van der Waals surface area contributed by atoms with E-state index in [9.17, 15) is 24.9 Å². The van der Waals surface area contributed by atoms with Crippen LogP contribution in [0.2, 0.25) is 0 Å². The van der Waals surface area contributed by atoms with Gasteiger partial charge in [0, 0.05) is 19.8 Å². The highest BCUT2D eigenvalue weighted by Crippen LogP contribution is 2.35. The van der Waals surface area contributed by atoms with Crippen LogP contribution in [0.3, 0.4) is 0 Å². The highest BCUT2D eigenvalue weighted by Gasteiger charge is 2.54. The summed E-state index contributed by atoms with van der Waals surface area (Å²) < 4.78 is 16.2. The minimum absolute atomic E-state index is 0.00729. The van der Waals surface area contributed by atoms with Gasteiger partial charge in [0.15, 0.2) is 5.60 Å². The van der Waals surface area contributed by atoms with Crippen LogP contribution in [-0.4, -0.2) is 77.0 Å². The molecule has 1 amide bonds. The van der Waals surface area contributed by atoms with Crippen LogP contribution in [0, 0.1) is 0 Å². The van der Waals surface area contributed by atoms with Gasteiger partial charge in [-0.2, -0.15) is 0 Å². The highest BCUT2D eigenvalue weighted by molar-refractivity contribution is 5.80. The van der Waals surface area contributed by atoms with Gasteiger partial charge in [0.1, 0.15) is 18.3 Å². The van der Waals surface area contributed by atoms with Crippen LogP contribution < -0.4 is 5.32 Å². The van der Waals surface area contributed by atoms with Gasteiger partial charge in [-0.3, -0.25) is 4.79 Å². The van der Waals surface area contributed by atoms with Crippen LogP contribution in [0.25, 0.3) is 0 Å². The largest absolute Gasteiger partial charge is 0.467 e. The van der Waals surface area contributed by atoms with Crippen LogP contribution >= 0.6 is 0 Å². The standard InChI is InChI=1S/C22H31NO8/c1-4-10-22(21(28)29-3)11-16(25)18(23-14(2)24)20(31-22)19(27)17(26)13-30-12-15-8-6-5-7-9-15/h4-9,16-20,25-27H,1,10-13H2,2-3H3,(H,23,24)/t16-,17+,18+,19+,20+,22+/m0/s1. The normalized spacial score (nSPS) is 27.7. The number of methoxy groups -OCH3 is 1. The summed E-state index contributed by atoms with van der Waals surface area (Å²) in [5.41, 5.74) is -0.721. The lowest BCUT2D eigenvalue weighted by molar-refractivity contribution is -0.231. The van der Waals surface area contributed by atoms with Gasteiger partial charge >= 0.3 is 5.97 Å². The van der Waals surface area contributed by atoms with Crippen molar-refractivity contribution in [2.75, 3.05) is 13.7 Å². The summed E-state index contributed by atoms with van der Waals surface area (Å²) in [5.74, 6) is -1.21. The van der Waals surface area contributed by atoms with Gasteiger partial charge < -0.3 is 34.8 Å². The smallest absolute Gasteiger partial charge is 0.338 e. The molecule has 1 heterocycles. The van der Waals surface area contributed by atoms with Crippen molar-refractivity contribution >= 4 is 11.9 Å². The maximum Gasteiger partial charge on any atom is 0.338 e. The second-order valence-electron chi connectivity index (χ2n) is 7.62. The number of hydrogen-bond donors (Lipinski definition) is 4. The first-order valence-corrected chi connectivity index (χ1v) is 10.0. The molecule has 1 aromatic carbocycles. The van der Waals surface area contributed by atoms with Crippen molar-refractivity contribution in [3.63, 3.8) is 0 Å². The fourth-order valence-corrected chi connectivity index (χ4v) is 3.72. The number of aliphatic hydroxyl groups excluding tert-OH is 3. The first-order valence-electron chi connectivity index (χ1n) is 10.0. The highest BCUT2D eigenvalue weighted by atomic mass is 16.6. The Hall–Kier alpha value is -2.30. The lowest BCUT2D eigenvalue weighted by Crippen LogP contribution is -2.67. The van der Waals surface area contributed by atoms with Gasteiger partial charge in [-0.1, -0.05) is 36.4 Å². The van der Waals surface area contributed by atoms with Crippen LogP contribution in [0.4, 0.5) is 0 Å². The zero-order chi connectivity index (χ0) is 23.0. The van der Waals surface area contributed by atoms with Gasteiger partial charge in [-0.05, 0) is 5.56 Å². The molecule has 1 aromatic rings. The minimum Gasteiger partial charge on any atom is -0.467 e. The number of aliphatic hydroxyl groups is 3. The minimum atomic E-state index is -1.61. The average molecular weight is 437 g/mol. The summed E-state index contributed by atoms with van der Waals surface area (Å²) in [6.07, 6.45) is -4.26. The molecule has 1 aliphatic heterocycles. The molecule has 6 atom stereocenters. The molecule has 1 aliphatic rings. The molecule has 1 saturated heterocycles. The molecule has 0 aromatic heterocycles. The number of amides is 1. The number of carbonyl (C=O) groups is 2. The Kier molecular flexibility index (Phi) is 9.15. The Balaban J connectivity index is 2.17. The molecule has 2 rings (SSSR count). The van der Waals surface area contributed by atoms with E-state index in [0.29, 0.717) is 0 Å². The van der Waals surface area contributed by atoms with E-state index >= 15 is 0 Å². The quantitative estimate of drug-likeness (QED) is 0.298. The zero-order valence-corrected chi connectivity index (χ0v) is 17.8. The number of carbonyl (C=O) groups excluding carboxylic acids is 2. The first-order chi connectivity index (χ1) is 14.7. The summed E-state index contributed by atoms with van der Waals surface area (Å²) in [6, 6.07) is 8.23. The van der Waals surface area contributed by atoms with Gasteiger partial charge in [0.25, 0.3) is 0 Å². The molecule has 0 radical (unpaired) electrons. The number of hydrogen-bond acceptors (Lipinski definition) is 8. The lowest BCUT2D eigenvalue weighted by atomic mass is 9.82. The van der Waals surface area contributed by atoms with E-state index in [1.165, 1.54) is 20.1 Å². The predicted octanol–water partition coefficient (Wildman–Crippen LogP) is 0.0674. The molecule has 1 fully saturated rings. The summed E-state index contributed by atoms with van der Waals surface area (Å²) >= 11 is 0. The molecular formula is C22H31NO8. The topological polar surface area (TPSA) is 135 Å². The summed E-state index contributed by atoms with van der Waals surface area (Å²) in [4.78, 5) is 24.1. The fourth-order valence-electron chi connectivity index (χ4n) is 3.72. The number of nitrogens with one attached hydrogen (secondary N) is 1. The van der Waals surface area contributed by atoms with E-state index in [4.69, 9.17) is 14.2 Å². The first kappa shape index (κ1) is 25.0. The van der Waals surface area contributed by atoms with Gasteiger partial charge in [0.2, 0.25) is 5.91 Å². The van der Waals surface area contributed by atoms with Crippen molar-refractivity contribution in [1.82, 2.24) is 5.32 Å². The third kappa shape index (κ3) is 6.34. The van der Waals surface area contributed by atoms with E-state index in [0.717, 1.165) is 5.56 Å². The van der Waals surface area contributed by atoms with Crippen molar-refractivity contribution < 1.29 is 39.1 Å². The third-order valence-electron chi connectivity index (χ3n) is 5.20. The van der Waals surface area contributed by atoms with Crippen LogP contribution in [-0.2, 0) is 30.4 Å². The Morgan fingerprint density at radius 2 is 2.03 bits per heavy atom. The Morgan fingerprint density at radius 3 is 2.61 bits per heavy atom. The molecule has 0 aliphatic carbocycles. The van der Waals surface area contributed by atoms with Crippen molar-refractivity contribution in [3.8, 4) is 0 Å². The average Bonchev–Trinajstić information content (AvgIpc) is 2.75. The summed E-state index contributed by atoms with van der Waals surface area (Å²) in [6.45, 7) is 4.85. The molecular weight excluding hydrogens is 406 g/mol. The summed E-state index contributed by atoms with van der Waals surface area (Å²) in [5, 5.41) is 34.5. The monoisotopic (exact) mass is 437 g/mol. The van der Waals surface area contributed by atoms with Crippen LogP contribution in [0.1, 0.15) is 25.3 Å². The van der Waals surface area contributed by atoms with Crippen molar-refractivity contribution in [1.29, 1.82) is 0 Å². The lowest BCUT2D eigenvalue weighted by Gasteiger charge is -2.47. The third-order valence-corrected chi connectivity index (χ3v) is 5.20. The Labute approximate surface area is 181 Å². The van der Waals surface area contributed by atoms with Gasteiger partial charge in [-0.15, -0.1) is 6.58 Å². The molecule has 0 unspecified atom stereocenters. The van der Waals surface area contributed by atoms with Crippen LogP contribution in [0.15, 0.2) is 43.0 Å². The molecule has 0 bridgehead atoms. The van der Waals surface area contributed by atoms with E-state index in [2.05, 4.69) is 11.9 Å². The number of esters is 1. The second kappa shape index (κ2) is 11.4. The van der Waals surface area contributed by atoms with E-state index < -0.39 is 47.9 Å². The maximum absolute atomic E-state index is 12.5. The molecule has 4 N–H and O–H groups in total. The van der Waals surface area contributed by atoms with Crippen molar-refractivity contribution in [3.05, 3.63) is 48.6 Å². The molecule has 0 spiro atoms. The SMILES string of the molecule is C=CC[C@]1(C(=O)OC)C[C@H](O)[C@@H](NC(C)=O)[C@H]([C@H](O)[C@H](O)COCc2ccccc2)O1. The van der Waals surface area contributed by atoms with E-state index in [-0.39, 0.29) is 26.1 Å². The molecule has 172 valence electrons. The fraction of sp³-hybridized carbons (Fsp3) is 0.545. The van der Waals surface area contributed by atoms with Crippen molar-refractivity contribution in [2.45, 2.75) is 62.4 Å². The maximum atomic E-state index is 12.5. The number of benzene rings is 1. The number of ether oxygens (including phenoxy) is 3. The van der Waals surface area contributed by atoms with E-state index in [1.807, 2.05) is 30.3 Å². The Bertz CT molecular complexity index is 742. The molecule has 9 heteroatoms. The Morgan fingerprint density at radius 1 is 1.35 bits per heavy atom. The molecule has 9 nitrogen and oxygen atoms in total. The van der Waals surface area contributed by atoms with Crippen LogP contribution in [0.5, 0.6) is 0 Å². The zero-order valence-electron chi connectivity index (χ0n) is 17.8. The molecule has 0 saturated carbocycles.